The lowest BCUT2D eigenvalue weighted by Gasteiger charge is -2.23. The van der Waals surface area contributed by atoms with Gasteiger partial charge in [-0.05, 0) is 41.2 Å². The van der Waals surface area contributed by atoms with E-state index in [9.17, 15) is 4.39 Å². The first-order chi connectivity index (χ1) is 10.1. The third kappa shape index (κ3) is 4.40. The Morgan fingerprint density at radius 1 is 0.905 bits per heavy atom. The Morgan fingerprint density at radius 3 is 2.00 bits per heavy atom. The molecule has 0 aliphatic carbocycles. The summed E-state index contributed by atoms with van der Waals surface area (Å²) >= 11 is 0. The Labute approximate surface area is 127 Å². The Bertz CT molecular complexity index is 543. The van der Waals surface area contributed by atoms with Gasteiger partial charge in [-0.25, -0.2) is 4.39 Å². The molecular formula is C19H24FN. The minimum absolute atomic E-state index is 0.186. The van der Waals surface area contributed by atoms with Gasteiger partial charge in [0.15, 0.2) is 0 Å². The van der Waals surface area contributed by atoms with Crippen molar-refractivity contribution in [1.29, 1.82) is 0 Å². The van der Waals surface area contributed by atoms with Crippen molar-refractivity contribution in [2.75, 3.05) is 0 Å². The minimum atomic E-state index is -0.186. The van der Waals surface area contributed by atoms with E-state index in [1.165, 1.54) is 23.3 Å². The SMILES string of the molecule is CCc1ccc(C(NCc2ccc(F)cc2)C(C)C)cc1. The molecule has 2 aromatic rings. The Balaban J connectivity index is 2.06. The van der Waals surface area contributed by atoms with Crippen LogP contribution in [-0.2, 0) is 13.0 Å². The third-order valence-corrected chi connectivity index (χ3v) is 3.85. The summed E-state index contributed by atoms with van der Waals surface area (Å²) in [6, 6.07) is 15.8. The van der Waals surface area contributed by atoms with Crippen molar-refractivity contribution in [1.82, 2.24) is 5.32 Å². The van der Waals surface area contributed by atoms with Crippen LogP contribution in [0, 0.1) is 11.7 Å². The van der Waals surface area contributed by atoms with E-state index in [-0.39, 0.29) is 5.82 Å². The predicted molar refractivity (Wildman–Crippen MR) is 86.6 cm³/mol. The van der Waals surface area contributed by atoms with E-state index < -0.39 is 0 Å². The molecule has 1 unspecified atom stereocenters. The highest BCUT2D eigenvalue weighted by molar-refractivity contribution is 5.26. The van der Waals surface area contributed by atoms with Gasteiger partial charge in [-0.3, -0.25) is 0 Å². The average Bonchev–Trinajstić information content (AvgIpc) is 2.49. The zero-order chi connectivity index (χ0) is 15.2. The first kappa shape index (κ1) is 15.7. The lowest BCUT2D eigenvalue weighted by Crippen LogP contribution is -2.25. The fourth-order valence-corrected chi connectivity index (χ4v) is 2.53. The quantitative estimate of drug-likeness (QED) is 0.798. The van der Waals surface area contributed by atoms with Gasteiger partial charge in [0.25, 0.3) is 0 Å². The van der Waals surface area contributed by atoms with E-state index in [1.54, 1.807) is 0 Å². The summed E-state index contributed by atoms with van der Waals surface area (Å²) in [7, 11) is 0. The zero-order valence-electron chi connectivity index (χ0n) is 13.1. The Morgan fingerprint density at radius 2 is 1.48 bits per heavy atom. The fourth-order valence-electron chi connectivity index (χ4n) is 2.53. The average molecular weight is 285 g/mol. The van der Waals surface area contributed by atoms with E-state index in [4.69, 9.17) is 0 Å². The molecule has 0 saturated carbocycles. The van der Waals surface area contributed by atoms with Crippen molar-refractivity contribution >= 4 is 0 Å². The van der Waals surface area contributed by atoms with Gasteiger partial charge in [0.05, 0.1) is 0 Å². The largest absolute Gasteiger partial charge is 0.306 e. The lowest BCUT2D eigenvalue weighted by molar-refractivity contribution is 0.410. The fraction of sp³-hybridized carbons (Fsp3) is 0.368. The maximum Gasteiger partial charge on any atom is 0.123 e. The summed E-state index contributed by atoms with van der Waals surface area (Å²) in [5.74, 6) is 0.312. The van der Waals surface area contributed by atoms with Gasteiger partial charge >= 0.3 is 0 Å². The van der Waals surface area contributed by atoms with Crippen molar-refractivity contribution in [3.63, 3.8) is 0 Å². The number of nitrogens with one attached hydrogen (secondary N) is 1. The molecule has 0 aliphatic rings. The maximum atomic E-state index is 12.9. The molecule has 0 radical (unpaired) electrons. The second-order valence-electron chi connectivity index (χ2n) is 5.82. The van der Waals surface area contributed by atoms with E-state index in [0.29, 0.717) is 12.0 Å². The molecule has 0 heterocycles. The standard InChI is InChI=1S/C19H24FN/c1-4-15-5-9-17(10-6-15)19(14(2)3)21-13-16-7-11-18(20)12-8-16/h5-12,14,19,21H,4,13H2,1-3H3. The summed E-state index contributed by atoms with van der Waals surface area (Å²) in [6.45, 7) is 7.35. The zero-order valence-corrected chi connectivity index (χ0v) is 13.1. The molecule has 0 aliphatic heterocycles. The van der Waals surface area contributed by atoms with Gasteiger partial charge in [-0.15, -0.1) is 0 Å². The van der Waals surface area contributed by atoms with E-state index in [2.05, 4.69) is 50.4 Å². The van der Waals surface area contributed by atoms with Crippen LogP contribution in [-0.4, -0.2) is 0 Å². The monoisotopic (exact) mass is 285 g/mol. The molecule has 1 nitrogen and oxygen atoms in total. The number of rotatable bonds is 6. The second-order valence-corrected chi connectivity index (χ2v) is 5.82. The first-order valence-electron chi connectivity index (χ1n) is 7.66. The van der Waals surface area contributed by atoms with Crippen LogP contribution in [0.3, 0.4) is 0 Å². The highest BCUT2D eigenvalue weighted by Gasteiger charge is 2.15. The first-order valence-corrected chi connectivity index (χ1v) is 7.66. The molecule has 21 heavy (non-hydrogen) atoms. The van der Waals surface area contributed by atoms with Crippen molar-refractivity contribution in [3.05, 3.63) is 71.0 Å². The molecule has 112 valence electrons. The number of hydrogen-bond donors (Lipinski definition) is 1. The molecule has 2 aromatic carbocycles. The molecule has 1 atom stereocenters. The van der Waals surface area contributed by atoms with Gasteiger partial charge in [0, 0.05) is 12.6 Å². The van der Waals surface area contributed by atoms with Crippen LogP contribution in [0.25, 0.3) is 0 Å². The normalized spacial score (nSPS) is 12.6. The molecule has 2 heteroatoms. The van der Waals surface area contributed by atoms with Gasteiger partial charge in [0.1, 0.15) is 5.82 Å². The van der Waals surface area contributed by atoms with Crippen molar-refractivity contribution in [2.24, 2.45) is 5.92 Å². The van der Waals surface area contributed by atoms with E-state index >= 15 is 0 Å². The number of aryl methyl sites for hydroxylation is 1. The van der Waals surface area contributed by atoms with Crippen LogP contribution in [0.15, 0.2) is 48.5 Å². The maximum absolute atomic E-state index is 12.9. The number of halogens is 1. The summed E-state index contributed by atoms with van der Waals surface area (Å²) in [5.41, 5.74) is 3.77. The molecule has 1 N–H and O–H groups in total. The minimum Gasteiger partial charge on any atom is -0.306 e. The van der Waals surface area contributed by atoms with E-state index in [1.807, 2.05) is 12.1 Å². The van der Waals surface area contributed by atoms with Crippen LogP contribution >= 0.6 is 0 Å². The highest BCUT2D eigenvalue weighted by Crippen LogP contribution is 2.22. The van der Waals surface area contributed by atoms with E-state index in [0.717, 1.165) is 18.5 Å². The molecule has 0 bridgehead atoms. The van der Waals surface area contributed by atoms with Crippen molar-refractivity contribution in [3.8, 4) is 0 Å². The molecule has 2 rings (SSSR count). The smallest absolute Gasteiger partial charge is 0.123 e. The summed E-state index contributed by atoms with van der Waals surface area (Å²) < 4.78 is 12.9. The molecular weight excluding hydrogens is 261 g/mol. The van der Waals surface area contributed by atoms with Gasteiger partial charge < -0.3 is 5.32 Å². The molecule has 0 spiro atoms. The van der Waals surface area contributed by atoms with Crippen LogP contribution in [0.1, 0.15) is 43.5 Å². The summed E-state index contributed by atoms with van der Waals surface area (Å²) in [6.07, 6.45) is 1.07. The summed E-state index contributed by atoms with van der Waals surface area (Å²) in [4.78, 5) is 0. The molecule has 0 saturated heterocycles. The molecule has 0 aromatic heterocycles. The van der Waals surface area contributed by atoms with Crippen LogP contribution < -0.4 is 5.32 Å². The lowest BCUT2D eigenvalue weighted by atomic mass is 9.94. The van der Waals surface area contributed by atoms with Crippen LogP contribution in [0.2, 0.25) is 0 Å². The van der Waals surface area contributed by atoms with Gasteiger partial charge in [-0.2, -0.15) is 0 Å². The van der Waals surface area contributed by atoms with Crippen LogP contribution in [0.4, 0.5) is 4.39 Å². The van der Waals surface area contributed by atoms with Crippen molar-refractivity contribution in [2.45, 2.75) is 39.8 Å². The third-order valence-electron chi connectivity index (χ3n) is 3.85. The number of hydrogen-bond acceptors (Lipinski definition) is 1. The molecule has 0 amide bonds. The Hall–Kier alpha value is -1.67. The second kappa shape index (κ2) is 7.37. The van der Waals surface area contributed by atoms with Gasteiger partial charge in [-0.1, -0.05) is 57.2 Å². The van der Waals surface area contributed by atoms with Crippen molar-refractivity contribution < 1.29 is 4.39 Å². The highest BCUT2D eigenvalue weighted by atomic mass is 19.1. The Kier molecular flexibility index (Phi) is 5.51. The number of benzene rings is 2. The molecule has 0 fully saturated rings. The topological polar surface area (TPSA) is 12.0 Å². The summed E-state index contributed by atoms with van der Waals surface area (Å²) in [5, 5.41) is 3.59. The van der Waals surface area contributed by atoms with Gasteiger partial charge in [0.2, 0.25) is 0 Å². The van der Waals surface area contributed by atoms with Crippen LogP contribution in [0.5, 0.6) is 0 Å². The predicted octanol–water partition coefficient (Wildman–Crippen LogP) is 4.88.